The average Bonchev–Trinajstić information content (AvgIpc) is 2.72. The summed E-state index contributed by atoms with van der Waals surface area (Å²) in [7, 11) is 0. The predicted molar refractivity (Wildman–Crippen MR) is 68.7 cm³/mol. The standard InChI is InChI=1S/C12H9NO.C2H6/c1-8-13-12-10-5-3-2-4-9(10)6-7-11(12)14-8;1-2/h2-7,13H,1H2;1-2H3. The van der Waals surface area contributed by atoms with Crippen LogP contribution in [-0.4, -0.2) is 0 Å². The van der Waals surface area contributed by atoms with Crippen LogP contribution in [0.25, 0.3) is 10.8 Å². The molecule has 0 aliphatic carbocycles. The Morgan fingerprint density at radius 3 is 2.62 bits per heavy atom. The highest BCUT2D eigenvalue weighted by molar-refractivity contribution is 5.98. The van der Waals surface area contributed by atoms with E-state index in [2.05, 4.69) is 30.1 Å². The van der Waals surface area contributed by atoms with Gasteiger partial charge in [-0.2, -0.15) is 0 Å². The molecule has 0 aromatic heterocycles. The molecule has 0 radical (unpaired) electrons. The Morgan fingerprint density at radius 1 is 1.06 bits per heavy atom. The lowest BCUT2D eigenvalue weighted by Gasteiger charge is -2.01. The molecule has 2 aromatic rings. The van der Waals surface area contributed by atoms with Crippen LogP contribution in [0, 0.1) is 0 Å². The highest BCUT2D eigenvalue weighted by Crippen LogP contribution is 2.38. The van der Waals surface area contributed by atoms with Crippen molar-refractivity contribution in [3.8, 4) is 5.75 Å². The highest BCUT2D eigenvalue weighted by atomic mass is 16.5. The second kappa shape index (κ2) is 4.27. The molecular weight excluding hydrogens is 198 g/mol. The summed E-state index contributed by atoms with van der Waals surface area (Å²) in [6.45, 7) is 7.74. The van der Waals surface area contributed by atoms with Crippen LogP contribution in [0.2, 0.25) is 0 Å². The first-order valence-corrected chi connectivity index (χ1v) is 5.50. The van der Waals surface area contributed by atoms with Gasteiger partial charge >= 0.3 is 0 Å². The monoisotopic (exact) mass is 213 g/mol. The summed E-state index contributed by atoms with van der Waals surface area (Å²) in [6.07, 6.45) is 0. The zero-order valence-electron chi connectivity index (χ0n) is 9.58. The molecule has 16 heavy (non-hydrogen) atoms. The van der Waals surface area contributed by atoms with E-state index in [9.17, 15) is 0 Å². The number of anilines is 1. The van der Waals surface area contributed by atoms with Gasteiger partial charge in [0.1, 0.15) is 0 Å². The fraction of sp³-hybridized carbons (Fsp3) is 0.143. The second-order valence-electron chi connectivity index (χ2n) is 3.31. The van der Waals surface area contributed by atoms with E-state index in [0.717, 1.165) is 11.4 Å². The number of hydrogen-bond donors (Lipinski definition) is 1. The Kier molecular flexibility index (Phi) is 2.82. The number of rotatable bonds is 0. The van der Waals surface area contributed by atoms with Gasteiger partial charge < -0.3 is 10.1 Å². The molecule has 1 N–H and O–H groups in total. The van der Waals surface area contributed by atoms with Crippen LogP contribution in [0.5, 0.6) is 5.75 Å². The van der Waals surface area contributed by atoms with Crippen molar-refractivity contribution < 1.29 is 4.74 Å². The van der Waals surface area contributed by atoms with E-state index in [-0.39, 0.29) is 0 Å². The molecule has 0 fully saturated rings. The summed E-state index contributed by atoms with van der Waals surface area (Å²) in [4.78, 5) is 0. The molecule has 0 bridgehead atoms. The van der Waals surface area contributed by atoms with Gasteiger partial charge in [0, 0.05) is 5.39 Å². The van der Waals surface area contributed by atoms with Crippen LogP contribution in [0.3, 0.4) is 0 Å². The van der Waals surface area contributed by atoms with Crippen molar-refractivity contribution in [2.45, 2.75) is 13.8 Å². The minimum atomic E-state index is 0.594. The highest BCUT2D eigenvalue weighted by Gasteiger charge is 2.16. The Balaban J connectivity index is 0.000000457. The number of hydrogen-bond acceptors (Lipinski definition) is 2. The van der Waals surface area contributed by atoms with Crippen LogP contribution in [0.15, 0.2) is 48.9 Å². The van der Waals surface area contributed by atoms with E-state index < -0.39 is 0 Å². The number of nitrogens with one attached hydrogen (secondary N) is 1. The lowest BCUT2D eigenvalue weighted by atomic mass is 10.1. The summed E-state index contributed by atoms with van der Waals surface area (Å²) in [6, 6.07) is 12.2. The summed E-state index contributed by atoms with van der Waals surface area (Å²) < 4.78 is 5.41. The normalized spacial score (nSPS) is 12.2. The molecule has 0 atom stereocenters. The second-order valence-corrected chi connectivity index (χ2v) is 3.31. The quantitative estimate of drug-likeness (QED) is 0.710. The lowest BCUT2D eigenvalue weighted by Crippen LogP contribution is -1.92. The van der Waals surface area contributed by atoms with Crippen molar-refractivity contribution in [3.05, 3.63) is 48.9 Å². The van der Waals surface area contributed by atoms with Crippen molar-refractivity contribution >= 4 is 16.5 Å². The van der Waals surface area contributed by atoms with Gasteiger partial charge in [0.05, 0.1) is 5.69 Å². The summed E-state index contributed by atoms with van der Waals surface area (Å²) >= 11 is 0. The Bertz CT molecular complexity index is 531. The average molecular weight is 213 g/mol. The van der Waals surface area contributed by atoms with Gasteiger partial charge in [0.25, 0.3) is 0 Å². The zero-order chi connectivity index (χ0) is 11.5. The largest absolute Gasteiger partial charge is 0.439 e. The minimum Gasteiger partial charge on any atom is -0.439 e. The molecule has 0 saturated carbocycles. The van der Waals surface area contributed by atoms with Crippen molar-refractivity contribution in [2.75, 3.05) is 5.32 Å². The van der Waals surface area contributed by atoms with E-state index in [0.29, 0.717) is 5.88 Å². The maximum Gasteiger partial charge on any atom is 0.190 e. The van der Waals surface area contributed by atoms with Crippen LogP contribution >= 0.6 is 0 Å². The van der Waals surface area contributed by atoms with Crippen LogP contribution in [-0.2, 0) is 0 Å². The van der Waals surface area contributed by atoms with Gasteiger partial charge in [0.15, 0.2) is 11.6 Å². The molecule has 1 heterocycles. The van der Waals surface area contributed by atoms with Crippen LogP contribution < -0.4 is 10.1 Å². The maximum absolute atomic E-state index is 5.41. The topological polar surface area (TPSA) is 21.3 Å². The number of benzene rings is 2. The summed E-state index contributed by atoms with van der Waals surface area (Å²) in [5.41, 5.74) is 1.02. The Morgan fingerprint density at radius 2 is 1.81 bits per heavy atom. The molecule has 3 rings (SSSR count). The van der Waals surface area contributed by atoms with Crippen LogP contribution in [0.4, 0.5) is 5.69 Å². The van der Waals surface area contributed by atoms with Crippen molar-refractivity contribution in [2.24, 2.45) is 0 Å². The van der Waals surface area contributed by atoms with E-state index >= 15 is 0 Å². The number of ether oxygens (including phenoxy) is 1. The molecule has 0 saturated heterocycles. The molecule has 2 nitrogen and oxygen atoms in total. The Hall–Kier alpha value is -1.96. The van der Waals surface area contributed by atoms with E-state index in [1.807, 2.05) is 32.0 Å². The van der Waals surface area contributed by atoms with Gasteiger partial charge in [0.2, 0.25) is 0 Å². The van der Waals surface area contributed by atoms with Gasteiger partial charge in [-0.3, -0.25) is 0 Å². The molecule has 0 spiro atoms. The summed E-state index contributed by atoms with van der Waals surface area (Å²) in [5, 5.41) is 5.50. The molecule has 2 aromatic carbocycles. The lowest BCUT2D eigenvalue weighted by molar-refractivity contribution is 0.460. The van der Waals surface area contributed by atoms with Gasteiger partial charge in [-0.1, -0.05) is 44.2 Å². The molecule has 0 unspecified atom stereocenters. The molecule has 2 heteroatoms. The van der Waals surface area contributed by atoms with E-state index in [4.69, 9.17) is 4.74 Å². The first-order valence-electron chi connectivity index (χ1n) is 5.50. The van der Waals surface area contributed by atoms with Crippen molar-refractivity contribution in [1.29, 1.82) is 0 Å². The third kappa shape index (κ3) is 1.63. The molecule has 0 amide bonds. The first kappa shape index (κ1) is 10.6. The SMILES string of the molecule is C=C1Nc2c(ccc3ccccc23)O1.CC. The van der Waals surface area contributed by atoms with E-state index in [1.165, 1.54) is 10.8 Å². The predicted octanol–water partition coefficient (Wildman–Crippen LogP) is 4.14. The third-order valence-corrected chi connectivity index (χ3v) is 2.39. The maximum atomic E-state index is 5.41. The molecule has 1 aliphatic heterocycles. The van der Waals surface area contributed by atoms with E-state index in [1.54, 1.807) is 0 Å². The summed E-state index contributed by atoms with van der Waals surface area (Å²) in [5.74, 6) is 1.45. The Labute approximate surface area is 95.5 Å². The minimum absolute atomic E-state index is 0.594. The third-order valence-electron chi connectivity index (χ3n) is 2.39. The number of fused-ring (bicyclic) bond motifs is 3. The molecule has 1 aliphatic rings. The first-order chi connectivity index (χ1) is 7.84. The van der Waals surface area contributed by atoms with Crippen molar-refractivity contribution in [3.63, 3.8) is 0 Å². The fourth-order valence-electron chi connectivity index (χ4n) is 1.76. The van der Waals surface area contributed by atoms with Gasteiger partial charge in [-0.15, -0.1) is 0 Å². The van der Waals surface area contributed by atoms with Gasteiger partial charge in [-0.05, 0) is 18.0 Å². The smallest absolute Gasteiger partial charge is 0.190 e. The van der Waals surface area contributed by atoms with Crippen molar-refractivity contribution in [1.82, 2.24) is 0 Å². The zero-order valence-corrected chi connectivity index (χ0v) is 9.58. The molecule has 82 valence electrons. The fourth-order valence-corrected chi connectivity index (χ4v) is 1.76. The van der Waals surface area contributed by atoms with Crippen LogP contribution in [0.1, 0.15) is 13.8 Å². The molecular formula is C14H15NO. The van der Waals surface area contributed by atoms with Gasteiger partial charge in [-0.25, -0.2) is 0 Å².